The number of likely N-dealkylation sites (tertiary alicyclic amines) is 1. The van der Waals surface area contributed by atoms with Crippen LogP contribution in [0.2, 0.25) is 0 Å². The van der Waals surface area contributed by atoms with Crippen molar-refractivity contribution in [1.29, 1.82) is 0 Å². The predicted molar refractivity (Wildman–Crippen MR) is 95.1 cm³/mol. The summed E-state index contributed by atoms with van der Waals surface area (Å²) in [5.74, 6) is -1.76. The lowest BCUT2D eigenvalue weighted by Gasteiger charge is -2.19. The molecule has 4 atom stereocenters. The molecule has 2 saturated carbocycles. The Morgan fingerprint density at radius 3 is 2.29 bits per heavy atom. The van der Waals surface area contributed by atoms with Gasteiger partial charge >= 0.3 is 5.97 Å². The van der Waals surface area contributed by atoms with E-state index in [-0.39, 0.29) is 36.6 Å². The molecule has 4 rings (SSSR count). The third-order valence-corrected chi connectivity index (χ3v) is 6.05. The molecule has 0 aromatic heterocycles. The quantitative estimate of drug-likeness (QED) is 0.592. The minimum absolute atomic E-state index is 0.0114. The van der Waals surface area contributed by atoms with Gasteiger partial charge in [-0.05, 0) is 55.4 Å². The average Bonchev–Trinajstić information content (AvgIpc) is 3.35. The minimum Gasteiger partial charge on any atom is -0.456 e. The molecule has 7 nitrogen and oxygen atoms in total. The van der Waals surface area contributed by atoms with Gasteiger partial charge in [0.1, 0.15) is 5.82 Å². The molecular weight excluding hydrogens is 367 g/mol. The lowest BCUT2D eigenvalue weighted by molar-refractivity contribution is -0.149. The van der Waals surface area contributed by atoms with Crippen LogP contribution in [0.5, 0.6) is 0 Å². The zero-order valence-electron chi connectivity index (χ0n) is 15.2. The number of ether oxygens (including phenoxy) is 1. The summed E-state index contributed by atoms with van der Waals surface area (Å²) in [5, 5.41) is 2.48. The van der Waals surface area contributed by atoms with Gasteiger partial charge in [0.05, 0.1) is 18.3 Å². The van der Waals surface area contributed by atoms with E-state index >= 15 is 0 Å². The number of anilines is 1. The number of halogens is 1. The number of nitrogens with one attached hydrogen (secondary N) is 1. The van der Waals surface area contributed by atoms with Crippen LogP contribution in [-0.4, -0.2) is 41.7 Å². The number of hydrogen-bond acceptors (Lipinski definition) is 5. The van der Waals surface area contributed by atoms with Crippen LogP contribution < -0.4 is 5.32 Å². The summed E-state index contributed by atoms with van der Waals surface area (Å²) in [6.07, 6.45) is 2.83. The Bertz CT molecular complexity index is 796. The van der Waals surface area contributed by atoms with Crippen molar-refractivity contribution in [3.05, 3.63) is 30.1 Å². The van der Waals surface area contributed by atoms with Gasteiger partial charge in [-0.15, -0.1) is 0 Å². The van der Waals surface area contributed by atoms with Crippen molar-refractivity contribution in [2.24, 2.45) is 23.7 Å². The molecule has 2 aliphatic carbocycles. The van der Waals surface area contributed by atoms with Gasteiger partial charge in [-0.25, -0.2) is 4.39 Å². The molecule has 2 bridgehead atoms. The van der Waals surface area contributed by atoms with Crippen molar-refractivity contribution in [1.82, 2.24) is 4.90 Å². The van der Waals surface area contributed by atoms with Crippen molar-refractivity contribution < 1.29 is 28.3 Å². The van der Waals surface area contributed by atoms with Crippen molar-refractivity contribution in [2.45, 2.75) is 25.7 Å². The molecule has 1 aromatic carbocycles. The maximum Gasteiger partial charge on any atom is 0.308 e. The second-order valence-electron chi connectivity index (χ2n) is 7.68. The van der Waals surface area contributed by atoms with Crippen LogP contribution >= 0.6 is 0 Å². The highest BCUT2D eigenvalue weighted by atomic mass is 19.1. The minimum atomic E-state index is -0.658. The van der Waals surface area contributed by atoms with Gasteiger partial charge in [0.25, 0.3) is 5.91 Å². The van der Waals surface area contributed by atoms with Crippen LogP contribution in [0.1, 0.15) is 25.7 Å². The molecule has 148 valence electrons. The van der Waals surface area contributed by atoms with Gasteiger partial charge in [0, 0.05) is 12.2 Å². The van der Waals surface area contributed by atoms with Gasteiger partial charge in [-0.2, -0.15) is 0 Å². The fraction of sp³-hybridized carbons (Fsp3) is 0.500. The number of amides is 3. The Morgan fingerprint density at radius 2 is 1.68 bits per heavy atom. The van der Waals surface area contributed by atoms with E-state index < -0.39 is 24.3 Å². The molecular formula is C20H21FN2O5. The van der Waals surface area contributed by atoms with E-state index in [9.17, 15) is 23.6 Å². The van der Waals surface area contributed by atoms with Gasteiger partial charge in [-0.1, -0.05) is 0 Å². The number of hydrogen-bond donors (Lipinski definition) is 1. The van der Waals surface area contributed by atoms with Crippen LogP contribution in [0.15, 0.2) is 24.3 Å². The van der Waals surface area contributed by atoms with Gasteiger partial charge in [-0.3, -0.25) is 24.1 Å². The highest BCUT2D eigenvalue weighted by molar-refractivity contribution is 6.06. The number of rotatable bonds is 6. The molecule has 3 amide bonds. The molecule has 8 heteroatoms. The number of esters is 1. The maximum absolute atomic E-state index is 12.8. The summed E-state index contributed by atoms with van der Waals surface area (Å²) in [7, 11) is 0. The first-order valence-corrected chi connectivity index (χ1v) is 9.50. The Balaban J connectivity index is 1.22. The second-order valence-corrected chi connectivity index (χ2v) is 7.68. The molecule has 1 aromatic rings. The fourth-order valence-electron chi connectivity index (χ4n) is 4.84. The molecule has 1 N–H and O–H groups in total. The first-order chi connectivity index (χ1) is 13.4. The zero-order valence-corrected chi connectivity index (χ0v) is 15.2. The van der Waals surface area contributed by atoms with E-state index in [2.05, 4.69) is 5.32 Å². The van der Waals surface area contributed by atoms with Crippen LogP contribution in [0, 0.1) is 29.5 Å². The van der Waals surface area contributed by atoms with Crippen LogP contribution in [-0.2, 0) is 23.9 Å². The first kappa shape index (κ1) is 18.6. The Kier molecular flexibility index (Phi) is 4.87. The number of fused-ring (bicyclic) bond motifs is 5. The Hall–Kier alpha value is -2.77. The largest absolute Gasteiger partial charge is 0.456 e. The smallest absolute Gasteiger partial charge is 0.308 e. The molecule has 1 saturated heterocycles. The highest BCUT2D eigenvalue weighted by Crippen LogP contribution is 2.56. The lowest BCUT2D eigenvalue weighted by atomic mass is 9.81. The molecule has 1 heterocycles. The van der Waals surface area contributed by atoms with E-state index in [0.717, 1.165) is 19.3 Å². The van der Waals surface area contributed by atoms with E-state index in [4.69, 9.17) is 4.74 Å². The van der Waals surface area contributed by atoms with Crippen molar-refractivity contribution in [3.8, 4) is 0 Å². The summed E-state index contributed by atoms with van der Waals surface area (Å²) in [6, 6.07) is 5.19. The number of carbonyl (C=O) groups excluding carboxylic acids is 4. The first-order valence-electron chi connectivity index (χ1n) is 9.50. The lowest BCUT2D eigenvalue weighted by Crippen LogP contribution is -2.35. The second kappa shape index (κ2) is 7.33. The van der Waals surface area contributed by atoms with Crippen molar-refractivity contribution >= 4 is 29.4 Å². The van der Waals surface area contributed by atoms with Gasteiger partial charge in [0.15, 0.2) is 6.61 Å². The molecule has 3 fully saturated rings. The van der Waals surface area contributed by atoms with Crippen LogP contribution in [0.3, 0.4) is 0 Å². The summed E-state index contributed by atoms with van der Waals surface area (Å²) < 4.78 is 17.7. The molecule has 0 unspecified atom stereocenters. The standard InChI is InChI=1S/C20H21FN2O5/c21-13-3-5-14(6-4-13)22-15(24)10-28-16(25)7-8-23-19(26)17-11-1-2-12(9-11)18(17)20(23)27/h3-6,11-12,17-18H,1-2,7-10H2,(H,22,24)/t11-,12-,17-,18+/m1/s1. The number of nitrogens with zero attached hydrogens (tertiary/aromatic N) is 1. The highest BCUT2D eigenvalue weighted by Gasteiger charge is 2.60. The van der Waals surface area contributed by atoms with Crippen LogP contribution in [0.25, 0.3) is 0 Å². The maximum atomic E-state index is 12.8. The van der Waals surface area contributed by atoms with Gasteiger partial charge in [0.2, 0.25) is 11.8 Å². The van der Waals surface area contributed by atoms with Crippen molar-refractivity contribution in [3.63, 3.8) is 0 Å². The van der Waals surface area contributed by atoms with Gasteiger partial charge < -0.3 is 10.1 Å². The number of imide groups is 1. The van der Waals surface area contributed by atoms with E-state index in [1.54, 1.807) is 0 Å². The van der Waals surface area contributed by atoms with Crippen LogP contribution in [0.4, 0.5) is 10.1 Å². The summed E-state index contributed by atoms with van der Waals surface area (Å²) in [4.78, 5) is 50.0. The summed E-state index contributed by atoms with van der Waals surface area (Å²) in [6.45, 7) is -0.504. The Labute approximate surface area is 161 Å². The summed E-state index contributed by atoms with van der Waals surface area (Å²) >= 11 is 0. The topological polar surface area (TPSA) is 92.8 Å². The third kappa shape index (κ3) is 3.39. The Morgan fingerprint density at radius 1 is 1.07 bits per heavy atom. The number of benzene rings is 1. The van der Waals surface area contributed by atoms with E-state index in [0.29, 0.717) is 17.5 Å². The van der Waals surface area contributed by atoms with E-state index in [1.165, 1.54) is 29.2 Å². The van der Waals surface area contributed by atoms with E-state index in [1.807, 2.05) is 0 Å². The molecule has 1 aliphatic heterocycles. The fourth-order valence-corrected chi connectivity index (χ4v) is 4.84. The molecule has 3 aliphatic rings. The summed E-state index contributed by atoms with van der Waals surface area (Å²) in [5.41, 5.74) is 0.386. The SMILES string of the molecule is O=C(COC(=O)CCN1C(=O)[C@@H]2[C@@H]3CC[C@H](C3)[C@@H]2C1=O)Nc1ccc(F)cc1. The third-order valence-electron chi connectivity index (χ3n) is 6.05. The molecule has 0 radical (unpaired) electrons. The monoisotopic (exact) mass is 388 g/mol. The molecule has 28 heavy (non-hydrogen) atoms. The average molecular weight is 388 g/mol. The normalized spacial score (nSPS) is 27.8. The van der Waals surface area contributed by atoms with Crippen molar-refractivity contribution in [2.75, 3.05) is 18.5 Å². The molecule has 0 spiro atoms. The zero-order chi connectivity index (χ0) is 19.8. The predicted octanol–water partition coefficient (Wildman–Crippen LogP) is 1.73. The number of carbonyl (C=O) groups is 4.